The number of rotatable bonds is 6. The Bertz CT molecular complexity index is 72.9. The van der Waals surface area contributed by atoms with Crippen LogP contribution in [0.4, 0.5) is 0 Å². The van der Waals surface area contributed by atoms with Gasteiger partial charge in [0.25, 0.3) is 0 Å². The highest BCUT2D eigenvalue weighted by molar-refractivity contribution is 6.08. The van der Waals surface area contributed by atoms with Crippen LogP contribution in [0.2, 0.25) is 5.28 Å². The van der Waals surface area contributed by atoms with Crippen LogP contribution in [-0.2, 0) is 0 Å². The van der Waals surface area contributed by atoms with E-state index in [4.69, 9.17) is 0 Å². The molecule has 0 rings (SSSR count). The van der Waals surface area contributed by atoms with Crippen molar-refractivity contribution in [3.05, 3.63) is 0 Å². The summed E-state index contributed by atoms with van der Waals surface area (Å²) in [5.41, 5.74) is 0. The Morgan fingerprint density at radius 3 is 2.18 bits per heavy atom. The molecule has 0 saturated carbocycles. The van der Waals surface area contributed by atoms with E-state index in [2.05, 4.69) is 20.8 Å². The zero-order valence-electron chi connectivity index (χ0n) is 8.69. The zero-order chi connectivity index (χ0) is 8.69. The lowest BCUT2D eigenvalue weighted by Crippen LogP contribution is -2.04. The first-order valence-electron chi connectivity index (χ1n) is 5.20. The average Bonchev–Trinajstić information content (AvgIpc) is 1.87. The molecule has 0 bridgehead atoms. The maximum absolute atomic E-state index is 2.34. The van der Waals surface area contributed by atoms with E-state index in [1.54, 1.807) is 0 Å². The van der Waals surface area contributed by atoms with Crippen LogP contribution in [0.15, 0.2) is 0 Å². The van der Waals surface area contributed by atoms with Crippen LogP contribution in [0, 0.1) is 11.8 Å². The normalized spacial score (nSPS) is 13.8. The first kappa shape index (κ1) is 11.5. The fourth-order valence-corrected chi connectivity index (χ4v) is 2.68. The molecule has 1 heteroatoms. The summed E-state index contributed by atoms with van der Waals surface area (Å²) in [6, 6.07) is 0. The number of hydrogen-bond acceptors (Lipinski definition) is 0. The van der Waals surface area contributed by atoms with Crippen LogP contribution < -0.4 is 0 Å². The van der Waals surface area contributed by atoms with Gasteiger partial charge in [0.1, 0.15) is 0 Å². The summed E-state index contributed by atoms with van der Waals surface area (Å²) in [4.78, 5) is 0. The van der Waals surface area contributed by atoms with Crippen LogP contribution in [0.25, 0.3) is 0 Å². The molecule has 0 aromatic carbocycles. The Labute approximate surface area is 80.2 Å². The second kappa shape index (κ2) is 7.20. The van der Waals surface area contributed by atoms with E-state index in [1.165, 1.54) is 47.3 Å². The molecule has 11 heavy (non-hydrogen) atoms. The summed E-state index contributed by atoms with van der Waals surface area (Å²) in [7, 11) is 0. The highest BCUT2D eigenvalue weighted by Gasteiger charge is 2.07. The molecule has 66 valence electrons. The first-order valence-corrected chi connectivity index (χ1v) is 6.62. The molecule has 0 aliphatic heterocycles. The molecule has 0 aliphatic rings. The van der Waals surface area contributed by atoms with Crippen molar-refractivity contribution in [3.8, 4) is 0 Å². The SMILES string of the molecule is CCCC(C[CH2][AlH2])CC(C)C. The molecule has 0 nitrogen and oxygen atoms in total. The summed E-state index contributed by atoms with van der Waals surface area (Å²) in [5.74, 6) is 1.94. The van der Waals surface area contributed by atoms with Crippen molar-refractivity contribution in [1.29, 1.82) is 0 Å². The van der Waals surface area contributed by atoms with Gasteiger partial charge < -0.3 is 0 Å². The molecular weight excluding hydrogens is 147 g/mol. The van der Waals surface area contributed by atoms with Crippen LogP contribution in [0.3, 0.4) is 0 Å². The van der Waals surface area contributed by atoms with Crippen LogP contribution in [0.1, 0.15) is 46.5 Å². The van der Waals surface area contributed by atoms with Crippen molar-refractivity contribution < 1.29 is 0 Å². The average molecular weight is 170 g/mol. The molecule has 0 saturated heterocycles. The topological polar surface area (TPSA) is 0 Å². The van der Waals surface area contributed by atoms with E-state index < -0.39 is 0 Å². The highest BCUT2D eigenvalue weighted by atomic mass is 27.0. The lowest BCUT2D eigenvalue weighted by molar-refractivity contribution is 0.373. The van der Waals surface area contributed by atoms with Gasteiger partial charge >= 0.3 is 0 Å². The van der Waals surface area contributed by atoms with Crippen molar-refractivity contribution in [2.24, 2.45) is 11.8 Å². The summed E-state index contributed by atoms with van der Waals surface area (Å²) in [6.45, 7) is 6.99. The van der Waals surface area contributed by atoms with E-state index in [0.29, 0.717) is 0 Å². The molecule has 0 aromatic rings. The Morgan fingerprint density at radius 2 is 1.82 bits per heavy atom. The van der Waals surface area contributed by atoms with Crippen LogP contribution in [0.5, 0.6) is 0 Å². The molecule has 0 N–H and O–H groups in total. The van der Waals surface area contributed by atoms with Crippen LogP contribution in [-0.4, -0.2) is 16.3 Å². The third-order valence-electron chi connectivity index (χ3n) is 2.20. The summed E-state index contributed by atoms with van der Waals surface area (Å²) < 4.78 is 0. The van der Waals surface area contributed by atoms with Gasteiger partial charge in [0.15, 0.2) is 0 Å². The molecule has 0 radical (unpaired) electrons. The van der Waals surface area contributed by atoms with Crippen molar-refractivity contribution in [3.63, 3.8) is 0 Å². The Morgan fingerprint density at radius 1 is 1.18 bits per heavy atom. The van der Waals surface area contributed by atoms with Crippen molar-refractivity contribution in [2.75, 3.05) is 0 Å². The van der Waals surface area contributed by atoms with Crippen molar-refractivity contribution in [1.82, 2.24) is 0 Å². The number of hydrogen-bond donors (Lipinski definition) is 0. The highest BCUT2D eigenvalue weighted by Crippen LogP contribution is 2.21. The van der Waals surface area contributed by atoms with Gasteiger partial charge in [-0.05, 0) is 18.3 Å². The predicted octanol–water partition coefficient (Wildman–Crippen LogP) is 2.89. The van der Waals surface area contributed by atoms with E-state index in [1.807, 2.05) is 0 Å². The van der Waals surface area contributed by atoms with Gasteiger partial charge in [-0.3, -0.25) is 0 Å². The molecular formula is C10H23Al. The standard InChI is InChI=1S/C10H21.Al.2H/c1-5-7-10(6-2)8-9(3)4;;;/h9-10H,2,5-8H2,1,3-4H3;;;. The summed E-state index contributed by atoms with van der Waals surface area (Å²) in [6.07, 6.45) is 5.79. The maximum atomic E-state index is 2.34. The fraction of sp³-hybridized carbons (Fsp3) is 1.00. The molecule has 0 heterocycles. The molecule has 1 atom stereocenters. The third kappa shape index (κ3) is 6.91. The smallest absolute Gasteiger partial charge is 0.101 e. The quantitative estimate of drug-likeness (QED) is 0.538. The molecule has 0 amide bonds. The summed E-state index contributed by atoms with van der Waals surface area (Å²) in [5, 5.41) is 1.50. The van der Waals surface area contributed by atoms with Crippen molar-refractivity contribution in [2.45, 2.75) is 51.7 Å². The van der Waals surface area contributed by atoms with Crippen LogP contribution >= 0.6 is 0 Å². The molecule has 1 unspecified atom stereocenters. The van der Waals surface area contributed by atoms with Gasteiger partial charge in [0.2, 0.25) is 16.3 Å². The molecule has 0 aromatic heterocycles. The first-order chi connectivity index (χ1) is 5.20. The Balaban J connectivity index is 3.50. The second-order valence-electron chi connectivity index (χ2n) is 4.07. The molecule has 0 spiro atoms. The Kier molecular flexibility index (Phi) is 7.54. The lowest BCUT2D eigenvalue weighted by atomic mass is 9.91. The van der Waals surface area contributed by atoms with Gasteiger partial charge in [-0.2, -0.15) is 0 Å². The largest absolute Gasteiger partial charge is 0.211 e. The van der Waals surface area contributed by atoms with E-state index in [-0.39, 0.29) is 0 Å². The van der Waals surface area contributed by atoms with E-state index in [0.717, 1.165) is 11.8 Å². The van der Waals surface area contributed by atoms with Gasteiger partial charge in [-0.25, -0.2) is 0 Å². The lowest BCUT2D eigenvalue weighted by Gasteiger charge is -2.17. The van der Waals surface area contributed by atoms with E-state index >= 15 is 0 Å². The molecule has 0 fully saturated rings. The Hall–Kier alpha value is 0.532. The summed E-state index contributed by atoms with van der Waals surface area (Å²) >= 11 is 1.39. The maximum Gasteiger partial charge on any atom is 0.211 e. The minimum absolute atomic E-state index is 0.903. The van der Waals surface area contributed by atoms with E-state index in [9.17, 15) is 0 Å². The van der Waals surface area contributed by atoms with Gasteiger partial charge in [0, 0.05) is 0 Å². The fourth-order valence-electron chi connectivity index (χ4n) is 1.86. The van der Waals surface area contributed by atoms with Gasteiger partial charge in [0.05, 0.1) is 0 Å². The minimum Gasteiger partial charge on any atom is -0.101 e. The predicted molar refractivity (Wildman–Crippen MR) is 55.8 cm³/mol. The molecule has 0 aliphatic carbocycles. The zero-order valence-corrected chi connectivity index (χ0v) is 10.7. The van der Waals surface area contributed by atoms with Gasteiger partial charge in [-0.15, -0.1) is 5.28 Å². The van der Waals surface area contributed by atoms with Gasteiger partial charge in [-0.1, -0.05) is 40.0 Å². The monoisotopic (exact) mass is 170 g/mol. The third-order valence-corrected chi connectivity index (χ3v) is 2.78. The second-order valence-corrected chi connectivity index (χ2v) is 5.07. The van der Waals surface area contributed by atoms with Crippen molar-refractivity contribution >= 4 is 16.3 Å². The minimum atomic E-state index is 0.903.